The van der Waals surface area contributed by atoms with Crippen LogP contribution < -0.4 is 5.32 Å². The molecule has 1 fully saturated rings. The summed E-state index contributed by atoms with van der Waals surface area (Å²) in [5, 5.41) is 19.3. The zero-order valence-corrected chi connectivity index (χ0v) is 15.5. The molecule has 0 saturated carbocycles. The summed E-state index contributed by atoms with van der Waals surface area (Å²) in [6, 6.07) is 16.8. The summed E-state index contributed by atoms with van der Waals surface area (Å²) >= 11 is 0. The van der Waals surface area contributed by atoms with Crippen molar-refractivity contribution in [2.45, 2.75) is 25.4 Å². The molecule has 0 aliphatic carbocycles. The lowest BCUT2D eigenvalue weighted by atomic mass is 10.1. The SMILES string of the molecule is O=[N+]([O-])c1ccc(-c2nn(-c3ccccc3)cc2CNC2CCCOC2)cc1. The van der Waals surface area contributed by atoms with Crippen LogP contribution in [0.2, 0.25) is 0 Å². The third-order valence-corrected chi connectivity index (χ3v) is 4.90. The van der Waals surface area contributed by atoms with Crippen LogP contribution in [0.15, 0.2) is 60.8 Å². The fourth-order valence-corrected chi connectivity index (χ4v) is 3.39. The van der Waals surface area contributed by atoms with Crippen LogP contribution in [0.25, 0.3) is 16.9 Å². The number of aromatic nitrogens is 2. The van der Waals surface area contributed by atoms with Crippen LogP contribution >= 0.6 is 0 Å². The van der Waals surface area contributed by atoms with Crippen molar-refractivity contribution in [1.29, 1.82) is 0 Å². The second kappa shape index (κ2) is 8.33. The van der Waals surface area contributed by atoms with Crippen molar-refractivity contribution < 1.29 is 9.66 Å². The smallest absolute Gasteiger partial charge is 0.269 e. The highest BCUT2D eigenvalue weighted by Crippen LogP contribution is 2.26. The second-order valence-corrected chi connectivity index (χ2v) is 6.88. The maximum atomic E-state index is 10.9. The van der Waals surface area contributed by atoms with Crippen LogP contribution in [0.5, 0.6) is 0 Å². The Morgan fingerprint density at radius 1 is 1.18 bits per heavy atom. The molecule has 7 heteroatoms. The van der Waals surface area contributed by atoms with Crippen LogP contribution in [0, 0.1) is 10.1 Å². The summed E-state index contributed by atoms with van der Waals surface area (Å²) < 4.78 is 7.40. The van der Waals surface area contributed by atoms with Crippen molar-refractivity contribution in [3.8, 4) is 16.9 Å². The molecule has 1 aromatic heterocycles. The number of nitrogens with zero attached hydrogens (tertiary/aromatic N) is 3. The van der Waals surface area contributed by atoms with Crippen molar-refractivity contribution in [3.05, 3.63) is 76.5 Å². The fraction of sp³-hybridized carbons (Fsp3) is 0.286. The predicted molar refractivity (Wildman–Crippen MR) is 106 cm³/mol. The first-order valence-electron chi connectivity index (χ1n) is 9.40. The van der Waals surface area contributed by atoms with Crippen molar-refractivity contribution in [3.63, 3.8) is 0 Å². The van der Waals surface area contributed by atoms with Crippen molar-refractivity contribution in [1.82, 2.24) is 15.1 Å². The van der Waals surface area contributed by atoms with Gasteiger partial charge in [0.2, 0.25) is 0 Å². The number of para-hydroxylation sites is 1. The van der Waals surface area contributed by atoms with Gasteiger partial charge in [-0.05, 0) is 37.1 Å². The minimum Gasteiger partial charge on any atom is -0.380 e. The van der Waals surface area contributed by atoms with E-state index in [0.29, 0.717) is 12.6 Å². The molecule has 7 nitrogen and oxygen atoms in total. The van der Waals surface area contributed by atoms with Crippen LogP contribution in [-0.2, 0) is 11.3 Å². The van der Waals surface area contributed by atoms with Crippen LogP contribution in [0.1, 0.15) is 18.4 Å². The van der Waals surface area contributed by atoms with Gasteiger partial charge in [0.25, 0.3) is 5.69 Å². The average molecular weight is 378 g/mol. The maximum absolute atomic E-state index is 10.9. The van der Waals surface area contributed by atoms with E-state index in [2.05, 4.69) is 5.32 Å². The Hall–Kier alpha value is -3.03. The van der Waals surface area contributed by atoms with Gasteiger partial charge in [-0.2, -0.15) is 5.10 Å². The molecule has 144 valence electrons. The normalized spacial score (nSPS) is 16.8. The molecule has 1 unspecified atom stereocenters. The number of nitrogens with one attached hydrogen (secondary N) is 1. The van der Waals surface area contributed by atoms with Gasteiger partial charge in [0.05, 0.1) is 22.9 Å². The van der Waals surface area contributed by atoms with E-state index in [1.54, 1.807) is 12.1 Å². The third-order valence-electron chi connectivity index (χ3n) is 4.90. The van der Waals surface area contributed by atoms with Gasteiger partial charge in [-0.3, -0.25) is 10.1 Å². The summed E-state index contributed by atoms with van der Waals surface area (Å²) in [5.41, 5.74) is 3.77. The Bertz CT molecular complexity index is 932. The lowest BCUT2D eigenvalue weighted by Crippen LogP contribution is -2.36. The predicted octanol–water partition coefficient (Wildman–Crippen LogP) is 3.72. The largest absolute Gasteiger partial charge is 0.380 e. The van der Waals surface area contributed by atoms with E-state index in [1.807, 2.05) is 41.2 Å². The molecular formula is C21H22N4O3. The van der Waals surface area contributed by atoms with Gasteiger partial charge in [-0.1, -0.05) is 18.2 Å². The molecule has 2 aromatic carbocycles. The van der Waals surface area contributed by atoms with Crippen LogP contribution in [-0.4, -0.2) is 34.0 Å². The van der Waals surface area contributed by atoms with Crippen molar-refractivity contribution in [2.75, 3.05) is 13.2 Å². The molecule has 0 bridgehead atoms. The molecule has 4 rings (SSSR count). The second-order valence-electron chi connectivity index (χ2n) is 6.88. The first-order chi connectivity index (χ1) is 13.7. The van der Waals surface area contributed by atoms with Crippen LogP contribution in [0.4, 0.5) is 5.69 Å². The minimum atomic E-state index is -0.391. The van der Waals surface area contributed by atoms with E-state index >= 15 is 0 Å². The molecule has 0 spiro atoms. The Balaban J connectivity index is 1.64. The third kappa shape index (κ3) is 4.11. The van der Waals surface area contributed by atoms with Gasteiger partial charge in [0.1, 0.15) is 0 Å². The molecule has 28 heavy (non-hydrogen) atoms. The van der Waals surface area contributed by atoms with Crippen molar-refractivity contribution >= 4 is 5.69 Å². The molecular weight excluding hydrogens is 356 g/mol. The van der Waals surface area contributed by atoms with Gasteiger partial charge in [-0.25, -0.2) is 4.68 Å². The molecule has 3 aromatic rings. The Labute approximate surface area is 163 Å². The summed E-state index contributed by atoms with van der Waals surface area (Å²) in [7, 11) is 0. The highest BCUT2D eigenvalue weighted by atomic mass is 16.6. The fourth-order valence-electron chi connectivity index (χ4n) is 3.39. The molecule has 1 atom stereocenters. The number of hydrogen-bond donors (Lipinski definition) is 1. The van der Waals surface area contributed by atoms with Gasteiger partial charge in [-0.15, -0.1) is 0 Å². The number of ether oxygens (including phenoxy) is 1. The number of hydrogen-bond acceptors (Lipinski definition) is 5. The van der Waals surface area contributed by atoms with E-state index in [0.717, 1.165) is 48.6 Å². The van der Waals surface area contributed by atoms with E-state index in [4.69, 9.17) is 9.84 Å². The topological polar surface area (TPSA) is 82.2 Å². The van der Waals surface area contributed by atoms with E-state index in [9.17, 15) is 10.1 Å². The quantitative estimate of drug-likeness (QED) is 0.522. The summed E-state index contributed by atoms with van der Waals surface area (Å²) in [5.74, 6) is 0. The summed E-state index contributed by atoms with van der Waals surface area (Å²) in [6.45, 7) is 2.21. The van der Waals surface area contributed by atoms with Gasteiger partial charge < -0.3 is 10.1 Å². The number of rotatable bonds is 6. The Kier molecular flexibility index (Phi) is 5.45. The Morgan fingerprint density at radius 3 is 2.64 bits per heavy atom. The lowest BCUT2D eigenvalue weighted by Gasteiger charge is -2.23. The standard InChI is InChI=1S/C21H22N4O3/c26-25(27)20-10-8-16(9-11-20)21-17(13-22-18-5-4-12-28-15-18)14-24(23-21)19-6-2-1-3-7-19/h1-3,6-11,14,18,22H,4-5,12-13,15H2. The molecule has 0 amide bonds. The highest BCUT2D eigenvalue weighted by Gasteiger charge is 2.17. The number of benzene rings is 2. The zero-order chi connectivity index (χ0) is 19.3. The number of nitro groups is 1. The first-order valence-corrected chi connectivity index (χ1v) is 9.40. The van der Waals surface area contributed by atoms with Gasteiger partial charge in [0, 0.05) is 48.6 Å². The van der Waals surface area contributed by atoms with E-state index in [1.165, 1.54) is 12.1 Å². The lowest BCUT2D eigenvalue weighted by molar-refractivity contribution is -0.384. The van der Waals surface area contributed by atoms with Crippen LogP contribution in [0.3, 0.4) is 0 Å². The van der Waals surface area contributed by atoms with Gasteiger partial charge in [0.15, 0.2) is 0 Å². The molecule has 1 aliphatic heterocycles. The van der Waals surface area contributed by atoms with Crippen molar-refractivity contribution in [2.24, 2.45) is 0 Å². The Morgan fingerprint density at radius 2 is 1.96 bits per heavy atom. The molecule has 1 N–H and O–H groups in total. The summed E-state index contributed by atoms with van der Waals surface area (Å²) in [6.07, 6.45) is 4.18. The van der Waals surface area contributed by atoms with Gasteiger partial charge >= 0.3 is 0 Å². The molecule has 1 aliphatic rings. The van der Waals surface area contributed by atoms with E-state index < -0.39 is 4.92 Å². The minimum absolute atomic E-state index is 0.0743. The highest BCUT2D eigenvalue weighted by molar-refractivity contribution is 5.64. The first kappa shape index (κ1) is 18.3. The van der Waals surface area contributed by atoms with E-state index in [-0.39, 0.29) is 5.69 Å². The summed E-state index contributed by atoms with van der Waals surface area (Å²) in [4.78, 5) is 10.6. The number of nitro benzene ring substituents is 1. The maximum Gasteiger partial charge on any atom is 0.269 e. The number of non-ortho nitro benzene ring substituents is 1. The molecule has 2 heterocycles. The monoisotopic (exact) mass is 378 g/mol. The average Bonchev–Trinajstić information content (AvgIpc) is 3.18. The molecule has 0 radical (unpaired) electrons. The molecule has 1 saturated heterocycles. The zero-order valence-electron chi connectivity index (χ0n) is 15.5.